The molecule has 1 aliphatic heterocycles. The van der Waals surface area contributed by atoms with Crippen molar-refractivity contribution in [3.63, 3.8) is 0 Å². The summed E-state index contributed by atoms with van der Waals surface area (Å²) in [6, 6.07) is 4.36. The number of nitrogens with one attached hydrogen (secondary N) is 2. The number of hydrogen-bond donors (Lipinski definition) is 2. The lowest BCUT2D eigenvalue weighted by Crippen LogP contribution is -2.27. The molecule has 1 aromatic heterocycles. The van der Waals surface area contributed by atoms with Crippen molar-refractivity contribution in [3.8, 4) is 5.75 Å². The normalized spacial score (nSPS) is 17.0. The molecule has 2 aromatic rings. The molecular weight excluding hydrogens is 236 g/mol. The third-order valence-corrected chi connectivity index (χ3v) is 4.28. The summed E-state index contributed by atoms with van der Waals surface area (Å²) >= 11 is 0. The van der Waals surface area contributed by atoms with Gasteiger partial charge < -0.3 is 15.0 Å². The molecule has 1 aliphatic rings. The molecule has 0 bridgehead atoms. The fraction of sp³-hybridized carbons (Fsp3) is 0.500. The Morgan fingerprint density at radius 1 is 1.16 bits per heavy atom. The Morgan fingerprint density at radius 2 is 1.89 bits per heavy atom. The SMILES string of the molecule is COc1cc(C)cc2c(C)c(C3CCNCC3)[nH]c12. The monoisotopic (exact) mass is 258 g/mol. The van der Waals surface area contributed by atoms with Crippen LogP contribution in [0.25, 0.3) is 10.9 Å². The molecule has 19 heavy (non-hydrogen) atoms. The van der Waals surface area contributed by atoms with Crippen LogP contribution in [0.15, 0.2) is 12.1 Å². The highest BCUT2D eigenvalue weighted by atomic mass is 16.5. The van der Waals surface area contributed by atoms with Crippen LogP contribution >= 0.6 is 0 Å². The van der Waals surface area contributed by atoms with E-state index in [-0.39, 0.29) is 0 Å². The summed E-state index contributed by atoms with van der Waals surface area (Å²) < 4.78 is 5.52. The Bertz CT molecular complexity index is 594. The topological polar surface area (TPSA) is 37.0 Å². The van der Waals surface area contributed by atoms with E-state index in [1.165, 1.54) is 35.0 Å². The van der Waals surface area contributed by atoms with Gasteiger partial charge in [0.15, 0.2) is 0 Å². The average molecular weight is 258 g/mol. The van der Waals surface area contributed by atoms with Crippen molar-refractivity contribution in [2.75, 3.05) is 20.2 Å². The van der Waals surface area contributed by atoms with Crippen LogP contribution in [0.4, 0.5) is 0 Å². The van der Waals surface area contributed by atoms with Crippen LogP contribution < -0.4 is 10.1 Å². The van der Waals surface area contributed by atoms with Gasteiger partial charge in [0.1, 0.15) is 5.75 Å². The minimum Gasteiger partial charge on any atom is -0.495 e. The van der Waals surface area contributed by atoms with E-state index in [0.29, 0.717) is 5.92 Å². The molecule has 0 saturated carbocycles. The van der Waals surface area contributed by atoms with Gasteiger partial charge in [0, 0.05) is 17.0 Å². The van der Waals surface area contributed by atoms with Crippen molar-refractivity contribution in [2.24, 2.45) is 0 Å². The van der Waals surface area contributed by atoms with Gasteiger partial charge in [-0.1, -0.05) is 0 Å². The number of aromatic nitrogens is 1. The Hall–Kier alpha value is -1.48. The van der Waals surface area contributed by atoms with Gasteiger partial charge in [-0.2, -0.15) is 0 Å². The van der Waals surface area contributed by atoms with Crippen molar-refractivity contribution in [1.29, 1.82) is 0 Å². The van der Waals surface area contributed by atoms with Gasteiger partial charge in [0.2, 0.25) is 0 Å². The molecule has 2 heterocycles. The minimum atomic E-state index is 0.652. The molecule has 2 N–H and O–H groups in total. The molecule has 3 heteroatoms. The molecule has 0 radical (unpaired) electrons. The first-order valence-electron chi connectivity index (χ1n) is 7.08. The Labute approximate surface area is 114 Å². The summed E-state index contributed by atoms with van der Waals surface area (Å²) in [5.74, 6) is 1.61. The smallest absolute Gasteiger partial charge is 0.143 e. The molecule has 3 rings (SSSR count). The third-order valence-electron chi connectivity index (χ3n) is 4.28. The zero-order chi connectivity index (χ0) is 13.4. The summed E-state index contributed by atoms with van der Waals surface area (Å²) in [5.41, 5.74) is 5.20. The number of aromatic amines is 1. The van der Waals surface area contributed by atoms with Crippen LogP contribution in [-0.2, 0) is 0 Å². The van der Waals surface area contributed by atoms with Crippen molar-refractivity contribution in [2.45, 2.75) is 32.6 Å². The fourth-order valence-electron chi connectivity index (χ4n) is 3.23. The van der Waals surface area contributed by atoms with E-state index in [0.717, 1.165) is 24.4 Å². The molecule has 0 amide bonds. The van der Waals surface area contributed by atoms with Gasteiger partial charge in [-0.25, -0.2) is 0 Å². The average Bonchev–Trinajstić information content (AvgIpc) is 2.76. The summed E-state index contributed by atoms with van der Waals surface area (Å²) in [6.07, 6.45) is 2.43. The predicted octanol–water partition coefficient (Wildman–Crippen LogP) is 3.26. The first-order valence-corrected chi connectivity index (χ1v) is 7.08. The van der Waals surface area contributed by atoms with Gasteiger partial charge in [-0.3, -0.25) is 0 Å². The molecule has 0 spiro atoms. The van der Waals surface area contributed by atoms with Crippen molar-refractivity contribution in [3.05, 3.63) is 29.0 Å². The van der Waals surface area contributed by atoms with Gasteiger partial charge in [0.25, 0.3) is 0 Å². The highest BCUT2D eigenvalue weighted by molar-refractivity contribution is 5.90. The number of ether oxygens (including phenoxy) is 1. The number of piperidine rings is 1. The Morgan fingerprint density at radius 3 is 2.58 bits per heavy atom. The van der Waals surface area contributed by atoms with E-state index < -0.39 is 0 Å². The van der Waals surface area contributed by atoms with Crippen LogP contribution in [0, 0.1) is 13.8 Å². The lowest BCUT2D eigenvalue weighted by atomic mass is 9.92. The highest BCUT2D eigenvalue weighted by Gasteiger charge is 2.21. The molecule has 0 aliphatic carbocycles. The number of H-pyrrole nitrogens is 1. The van der Waals surface area contributed by atoms with Gasteiger partial charge in [-0.15, -0.1) is 0 Å². The number of methoxy groups -OCH3 is 1. The zero-order valence-corrected chi connectivity index (χ0v) is 12.0. The summed E-state index contributed by atoms with van der Waals surface area (Å²) in [4.78, 5) is 3.63. The number of hydrogen-bond acceptors (Lipinski definition) is 2. The molecular formula is C16H22N2O. The van der Waals surface area contributed by atoms with Gasteiger partial charge in [-0.05, 0) is 63.0 Å². The van der Waals surface area contributed by atoms with Crippen LogP contribution in [-0.4, -0.2) is 25.2 Å². The lowest BCUT2D eigenvalue weighted by Gasteiger charge is -2.22. The number of aryl methyl sites for hydroxylation is 2. The molecule has 3 nitrogen and oxygen atoms in total. The van der Waals surface area contributed by atoms with Crippen molar-refractivity contribution >= 4 is 10.9 Å². The molecule has 1 saturated heterocycles. The molecule has 1 fully saturated rings. The maximum Gasteiger partial charge on any atom is 0.143 e. The van der Waals surface area contributed by atoms with E-state index in [9.17, 15) is 0 Å². The third kappa shape index (κ3) is 2.12. The molecule has 0 unspecified atom stereocenters. The van der Waals surface area contributed by atoms with E-state index in [4.69, 9.17) is 4.74 Å². The van der Waals surface area contributed by atoms with Crippen LogP contribution in [0.2, 0.25) is 0 Å². The highest BCUT2D eigenvalue weighted by Crippen LogP contribution is 2.36. The number of benzene rings is 1. The first kappa shape index (κ1) is 12.5. The second-order valence-corrected chi connectivity index (χ2v) is 5.58. The van der Waals surface area contributed by atoms with E-state index in [1.807, 2.05) is 0 Å². The summed E-state index contributed by atoms with van der Waals surface area (Å²) in [7, 11) is 1.74. The number of rotatable bonds is 2. The summed E-state index contributed by atoms with van der Waals surface area (Å²) in [5, 5.41) is 4.74. The first-order chi connectivity index (χ1) is 9.20. The quantitative estimate of drug-likeness (QED) is 0.867. The molecule has 1 aromatic carbocycles. The van der Waals surface area contributed by atoms with Crippen LogP contribution in [0.5, 0.6) is 5.75 Å². The summed E-state index contributed by atoms with van der Waals surface area (Å²) in [6.45, 7) is 6.60. The minimum absolute atomic E-state index is 0.652. The number of fused-ring (bicyclic) bond motifs is 1. The van der Waals surface area contributed by atoms with E-state index in [1.54, 1.807) is 7.11 Å². The van der Waals surface area contributed by atoms with Crippen molar-refractivity contribution < 1.29 is 4.74 Å². The van der Waals surface area contributed by atoms with Crippen LogP contribution in [0.3, 0.4) is 0 Å². The van der Waals surface area contributed by atoms with E-state index in [2.05, 4.69) is 36.3 Å². The second kappa shape index (κ2) is 4.89. The second-order valence-electron chi connectivity index (χ2n) is 5.58. The van der Waals surface area contributed by atoms with Crippen molar-refractivity contribution in [1.82, 2.24) is 10.3 Å². The van der Waals surface area contributed by atoms with Crippen LogP contribution in [0.1, 0.15) is 35.6 Å². The Kier molecular flexibility index (Phi) is 3.23. The van der Waals surface area contributed by atoms with Gasteiger partial charge >= 0.3 is 0 Å². The molecule has 0 atom stereocenters. The van der Waals surface area contributed by atoms with E-state index >= 15 is 0 Å². The molecule has 102 valence electrons. The lowest BCUT2D eigenvalue weighted by molar-refractivity contribution is 0.418. The largest absolute Gasteiger partial charge is 0.495 e. The standard InChI is InChI=1S/C16H22N2O/c1-10-8-13-11(2)15(12-4-6-17-7-5-12)18-16(13)14(9-10)19-3/h8-9,12,17-18H,4-7H2,1-3H3. The Balaban J connectivity index is 2.13. The van der Waals surface area contributed by atoms with Gasteiger partial charge in [0.05, 0.1) is 12.6 Å². The predicted molar refractivity (Wildman–Crippen MR) is 79.2 cm³/mol. The maximum atomic E-state index is 5.52. The maximum absolute atomic E-state index is 5.52. The zero-order valence-electron chi connectivity index (χ0n) is 12.0. The fourth-order valence-corrected chi connectivity index (χ4v) is 3.23.